The molecule has 1 aromatic carbocycles. The molecule has 2 nitrogen and oxygen atoms in total. The minimum atomic E-state index is -4.25. The number of thioether (sulfide) groups is 1. The largest absolute Gasteiger partial charge is 0.446 e. The predicted octanol–water partition coefficient (Wildman–Crippen LogP) is 3.71. The molecule has 1 unspecified atom stereocenters. The number of anilines is 1. The number of halogens is 3. The van der Waals surface area contributed by atoms with Gasteiger partial charge >= 0.3 is 5.51 Å². The maximum absolute atomic E-state index is 12.4. The lowest BCUT2D eigenvalue weighted by Gasteiger charge is -2.24. The summed E-state index contributed by atoms with van der Waals surface area (Å²) in [5.74, 6) is 0.484. The first-order chi connectivity index (χ1) is 9.04. The maximum Gasteiger partial charge on any atom is 0.446 e. The number of para-hydroxylation sites is 1. The van der Waals surface area contributed by atoms with Gasteiger partial charge in [0.05, 0.1) is 0 Å². The molecular weight excluding hydrogens is 273 g/mol. The number of piperidine rings is 1. The third kappa shape index (κ3) is 4.95. The summed E-state index contributed by atoms with van der Waals surface area (Å²) in [6.45, 7) is 2.68. The fourth-order valence-electron chi connectivity index (χ4n) is 2.18. The molecule has 1 aliphatic rings. The molecule has 2 N–H and O–H groups in total. The van der Waals surface area contributed by atoms with Gasteiger partial charge in [0.15, 0.2) is 0 Å². The molecule has 0 aromatic heterocycles. The Kier molecular flexibility index (Phi) is 4.99. The fraction of sp³-hybridized carbons (Fsp3) is 0.538. The van der Waals surface area contributed by atoms with E-state index in [0.717, 1.165) is 25.9 Å². The lowest BCUT2D eigenvalue weighted by molar-refractivity contribution is -0.0327. The molecule has 2 rings (SSSR count). The molecule has 0 saturated carbocycles. The zero-order chi connectivity index (χ0) is 13.7. The Hall–Kier alpha value is -0.880. The van der Waals surface area contributed by atoms with Crippen molar-refractivity contribution in [1.29, 1.82) is 0 Å². The summed E-state index contributed by atoms with van der Waals surface area (Å²) in [6, 6.07) is 6.58. The summed E-state index contributed by atoms with van der Waals surface area (Å²) in [4.78, 5) is 0.235. The van der Waals surface area contributed by atoms with E-state index in [1.165, 1.54) is 6.07 Å². The van der Waals surface area contributed by atoms with Gasteiger partial charge in [0.2, 0.25) is 0 Å². The van der Waals surface area contributed by atoms with Crippen molar-refractivity contribution >= 4 is 17.4 Å². The van der Waals surface area contributed by atoms with Crippen LogP contribution in [0, 0.1) is 5.92 Å². The molecule has 1 aromatic rings. The molecule has 0 spiro atoms. The van der Waals surface area contributed by atoms with Crippen molar-refractivity contribution < 1.29 is 13.2 Å². The molecule has 1 aliphatic heterocycles. The number of hydrogen-bond donors (Lipinski definition) is 2. The molecule has 0 bridgehead atoms. The number of rotatable bonds is 4. The zero-order valence-corrected chi connectivity index (χ0v) is 11.3. The Bertz CT molecular complexity index is 403. The summed E-state index contributed by atoms with van der Waals surface area (Å²) in [5, 5.41) is 6.44. The summed E-state index contributed by atoms with van der Waals surface area (Å²) in [6.07, 6.45) is 2.25. The van der Waals surface area contributed by atoms with Crippen molar-refractivity contribution in [2.24, 2.45) is 5.92 Å². The van der Waals surface area contributed by atoms with Gasteiger partial charge in [-0.3, -0.25) is 0 Å². The van der Waals surface area contributed by atoms with E-state index in [-0.39, 0.29) is 16.7 Å². The van der Waals surface area contributed by atoms with Crippen molar-refractivity contribution in [2.75, 3.05) is 25.0 Å². The Labute approximate surface area is 115 Å². The van der Waals surface area contributed by atoms with Crippen LogP contribution >= 0.6 is 11.8 Å². The molecule has 6 heteroatoms. The third-order valence-corrected chi connectivity index (χ3v) is 3.90. The van der Waals surface area contributed by atoms with E-state index in [4.69, 9.17) is 0 Å². The summed E-state index contributed by atoms with van der Waals surface area (Å²) < 4.78 is 37.3. The van der Waals surface area contributed by atoms with Gasteiger partial charge in [-0.15, -0.1) is 0 Å². The first kappa shape index (κ1) is 14.5. The maximum atomic E-state index is 12.4. The van der Waals surface area contributed by atoms with Gasteiger partial charge in [0.25, 0.3) is 0 Å². The standard InChI is InChI=1S/C13H17F3N2S/c14-13(15,16)19-12-6-2-1-5-11(12)18-9-10-4-3-7-17-8-10/h1-2,5-6,10,17-18H,3-4,7-9H2. The first-order valence-corrected chi connectivity index (χ1v) is 7.15. The molecule has 1 fully saturated rings. The van der Waals surface area contributed by atoms with E-state index < -0.39 is 5.51 Å². The third-order valence-electron chi connectivity index (χ3n) is 3.09. The van der Waals surface area contributed by atoms with Crippen LogP contribution in [0.2, 0.25) is 0 Å². The lowest BCUT2D eigenvalue weighted by atomic mass is 10.00. The Morgan fingerprint density at radius 2 is 2.11 bits per heavy atom. The molecule has 1 atom stereocenters. The van der Waals surface area contributed by atoms with Gasteiger partial charge in [0, 0.05) is 17.1 Å². The SMILES string of the molecule is FC(F)(F)Sc1ccccc1NCC1CCCNC1. The van der Waals surface area contributed by atoms with E-state index in [0.29, 0.717) is 18.2 Å². The second-order valence-electron chi connectivity index (χ2n) is 4.64. The van der Waals surface area contributed by atoms with Crippen molar-refractivity contribution in [3.05, 3.63) is 24.3 Å². The van der Waals surface area contributed by atoms with Crippen LogP contribution in [0.1, 0.15) is 12.8 Å². The Morgan fingerprint density at radius 3 is 2.79 bits per heavy atom. The molecule has 0 amide bonds. The average molecular weight is 290 g/mol. The molecule has 0 aliphatic carbocycles. The van der Waals surface area contributed by atoms with Crippen molar-refractivity contribution in [3.63, 3.8) is 0 Å². The summed E-state index contributed by atoms with van der Waals surface area (Å²) >= 11 is -0.0642. The Balaban J connectivity index is 1.95. The van der Waals surface area contributed by atoms with Gasteiger partial charge in [0.1, 0.15) is 0 Å². The number of nitrogens with one attached hydrogen (secondary N) is 2. The zero-order valence-electron chi connectivity index (χ0n) is 10.5. The second-order valence-corrected chi connectivity index (χ2v) is 5.74. The molecule has 1 heterocycles. The smallest absolute Gasteiger partial charge is 0.384 e. The minimum absolute atomic E-state index is 0.0642. The van der Waals surface area contributed by atoms with E-state index in [1.54, 1.807) is 18.2 Å². The monoisotopic (exact) mass is 290 g/mol. The number of alkyl halides is 3. The minimum Gasteiger partial charge on any atom is -0.384 e. The van der Waals surface area contributed by atoms with E-state index in [2.05, 4.69) is 10.6 Å². The first-order valence-electron chi connectivity index (χ1n) is 6.34. The predicted molar refractivity (Wildman–Crippen MR) is 72.4 cm³/mol. The summed E-state index contributed by atoms with van der Waals surface area (Å²) in [5.41, 5.74) is -3.68. The van der Waals surface area contributed by atoms with E-state index in [9.17, 15) is 13.2 Å². The van der Waals surface area contributed by atoms with Crippen LogP contribution in [-0.2, 0) is 0 Å². The highest BCUT2D eigenvalue weighted by Gasteiger charge is 2.30. The number of benzene rings is 1. The van der Waals surface area contributed by atoms with Crippen LogP contribution < -0.4 is 10.6 Å². The van der Waals surface area contributed by atoms with Crippen LogP contribution in [0.5, 0.6) is 0 Å². The molecular formula is C13H17F3N2S. The van der Waals surface area contributed by atoms with Crippen LogP contribution in [0.3, 0.4) is 0 Å². The summed E-state index contributed by atoms with van der Waals surface area (Å²) in [7, 11) is 0. The van der Waals surface area contributed by atoms with Gasteiger partial charge in [-0.05, 0) is 55.7 Å². The van der Waals surface area contributed by atoms with Gasteiger partial charge in [-0.2, -0.15) is 13.2 Å². The molecule has 0 radical (unpaired) electrons. The normalized spacial score (nSPS) is 20.3. The van der Waals surface area contributed by atoms with Crippen LogP contribution in [0.4, 0.5) is 18.9 Å². The highest BCUT2D eigenvalue weighted by Crippen LogP contribution is 2.40. The topological polar surface area (TPSA) is 24.1 Å². The highest BCUT2D eigenvalue weighted by molar-refractivity contribution is 8.00. The van der Waals surface area contributed by atoms with Crippen molar-refractivity contribution in [1.82, 2.24) is 5.32 Å². The Morgan fingerprint density at radius 1 is 1.32 bits per heavy atom. The average Bonchev–Trinajstić information content (AvgIpc) is 2.37. The van der Waals surface area contributed by atoms with E-state index >= 15 is 0 Å². The molecule has 1 saturated heterocycles. The quantitative estimate of drug-likeness (QED) is 0.827. The second kappa shape index (κ2) is 6.52. The lowest BCUT2D eigenvalue weighted by Crippen LogP contribution is -2.33. The van der Waals surface area contributed by atoms with Crippen LogP contribution in [-0.4, -0.2) is 25.1 Å². The number of hydrogen-bond acceptors (Lipinski definition) is 3. The van der Waals surface area contributed by atoms with Gasteiger partial charge in [-0.25, -0.2) is 0 Å². The van der Waals surface area contributed by atoms with Crippen molar-refractivity contribution in [3.8, 4) is 0 Å². The fourth-order valence-corrected chi connectivity index (χ4v) is 2.83. The van der Waals surface area contributed by atoms with Crippen LogP contribution in [0.15, 0.2) is 29.2 Å². The van der Waals surface area contributed by atoms with Gasteiger partial charge < -0.3 is 10.6 Å². The van der Waals surface area contributed by atoms with Gasteiger partial charge in [-0.1, -0.05) is 12.1 Å². The molecule has 106 valence electrons. The highest BCUT2D eigenvalue weighted by atomic mass is 32.2. The van der Waals surface area contributed by atoms with E-state index in [1.807, 2.05) is 0 Å². The van der Waals surface area contributed by atoms with Crippen LogP contribution in [0.25, 0.3) is 0 Å². The van der Waals surface area contributed by atoms with Crippen molar-refractivity contribution in [2.45, 2.75) is 23.2 Å². The molecule has 19 heavy (non-hydrogen) atoms.